The monoisotopic (exact) mass is 276 g/mol. The molecular formula is C14H20N4O2. The molecule has 0 radical (unpaired) electrons. The van der Waals surface area contributed by atoms with Gasteiger partial charge >= 0.3 is 6.09 Å². The first kappa shape index (κ1) is 13.1. The van der Waals surface area contributed by atoms with Gasteiger partial charge in [0.1, 0.15) is 0 Å². The minimum Gasteiger partial charge on any atom is -0.465 e. The van der Waals surface area contributed by atoms with E-state index < -0.39 is 6.09 Å². The molecule has 2 atom stereocenters. The van der Waals surface area contributed by atoms with E-state index in [0.717, 1.165) is 0 Å². The van der Waals surface area contributed by atoms with Gasteiger partial charge in [-0.05, 0) is 38.2 Å². The number of hydrogen-bond acceptors (Lipinski definition) is 4. The molecule has 2 aliphatic rings. The first-order chi connectivity index (χ1) is 9.56. The van der Waals surface area contributed by atoms with Gasteiger partial charge in [0.05, 0.1) is 0 Å². The van der Waals surface area contributed by atoms with E-state index in [0.29, 0.717) is 25.0 Å². The molecule has 1 saturated heterocycles. The van der Waals surface area contributed by atoms with Crippen molar-refractivity contribution in [2.45, 2.75) is 44.7 Å². The summed E-state index contributed by atoms with van der Waals surface area (Å²) in [4.78, 5) is 23.7. The van der Waals surface area contributed by atoms with Gasteiger partial charge in [0.15, 0.2) is 0 Å². The molecule has 0 unspecified atom stereocenters. The van der Waals surface area contributed by atoms with E-state index in [-0.39, 0.29) is 12.1 Å². The number of rotatable bonds is 2. The summed E-state index contributed by atoms with van der Waals surface area (Å²) in [5.74, 6) is 1.36. The van der Waals surface area contributed by atoms with Crippen LogP contribution < -0.4 is 4.90 Å². The highest BCUT2D eigenvalue weighted by Crippen LogP contribution is 2.39. The van der Waals surface area contributed by atoms with E-state index in [1.54, 1.807) is 0 Å². The number of aromatic nitrogens is 2. The van der Waals surface area contributed by atoms with Crippen molar-refractivity contribution in [3.63, 3.8) is 0 Å². The van der Waals surface area contributed by atoms with E-state index in [2.05, 4.69) is 14.9 Å². The van der Waals surface area contributed by atoms with Gasteiger partial charge in [0, 0.05) is 37.6 Å². The van der Waals surface area contributed by atoms with Gasteiger partial charge in [-0.3, -0.25) is 0 Å². The molecule has 0 bridgehead atoms. The zero-order chi connectivity index (χ0) is 14.3. The maximum Gasteiger partial charge on any atom is 0.407 e. The van der Waals surface area contributed by atoms with E-state index in [4.69, 9.17) is 5.11 Å². The summed E-state index contributed by atoms with van der Waals surface area (Å²) >= 11 is 0. The molecule has 1 aliphatic heterocycles. The molecule has 2 heterocycles. The second kappa shape index (κ2) is 4.92. The van der Waals surface area contributed by atoms with Crippen molar-refractivity contribution < 1.29 is 9.90 Å². The summed E-state index contributed by atoms with van der Waals surface area (Å²) in [7, 11) is 0. The Morgan fingerprint density at radius 3 is 2.40 bits per heavy atom. The van der Waals surface area contributed by atoms with Gasteiger partial charge in [0.2, 0.25) is 5.95 Å². The summed E-state index contributed by atoms with van der Waals surface area (Å²) in [5, 5.41) is 9.16. The van der Waals surface area contributed by atoms with Crippen LogP contribution in [0, 0.1) is 0 Å². The normalized spacial score (nSPS) is 26.7. The molecule has 1 aromatic rings. The fraction of sp³-hybridized carbons (Fsp3) is 0.643. The Kier molecular flexibility index (Phi) is 3.23. The lowest BCUT2D eigenvalue weighted by molar-refractivity contribution is 0.114. The first-order valence-electron chi connectivity index (χ1n) is 7.14. The summed E-state index contributed by atoms with van der Waals surface area (Å²) in [6, 6.07) is 0.0458. The average Bonchev–Trinajstić information content (AvgIpc) is 3.25. The number of hydrogen-bond donors (Lipinski definition) is 1. The third kappa shape index (κ3) is 2.42. The van der Waals surface area contributed by atoms with Crippen LogP contribution in [-0.4, -0.2) is 51.2 Å². The molecule has 0 aromatic carbocycles. The highest BCUT2D eigenvalue weighted by molar-refractivity contribution is 5.66. The molecular weight excluding hydrogens is 256 g/mol. The van der Waals surface area contributed by atoms with Crippen molar-refractivity contribution in [1.29, 1.82) is 0 Å². The van der Waals surface area contributed by atoms with E-state index in [1.165, 1.54) is 23.3 Å². The Hall–Kier alpha value is -1.85. The predicted octanol–water partition coefficient (Wildman–Crippen LogP) is 1.93. The molecule has 1 aromatic heterocycles. The molecule has 6 heteroatoms. The van der Waals surface area contributed by atoms with Gasteiger partial charge < -0.3 is 14.9 Å². The Bertz CT molecular complexity index is 500. The minimum absolute atomic E-state index is 0.0459. The summed E-state index contributed by atoms with van der Waals surface area (Å²) < 4.78 is 0. The first-order valence-corrected chi connectivity index (χ1v) is 7.14. The summed E-state index contributed by atoms with van der Waals surface area (Å²) in [5.41, 5.74) is 1.22. The molecule has 1 N–H and O–H groups in total. The van der Waals surface area contributed by atoms with Crippen LogP contribution >= 0.6 is 0 Å². The second-order valence-electron chi connectivity index (χ2n) is 5.88. The number of amides is 1. The third-order valence-electron chi connectivity index (χ3n) is 4.20. The SMILES string of the molecule is C[C@@H]1CN(C(=O)O)[C@@H](C)CN1c1ncc(C2CC2)cn1. The number of piperazine rings is 1. The zero-order valence-corrected chi connectivity index (χ0v) is 11.9. The highest BCUT2D eigenvalue weighted by atomic mass is 16.4. The van der Waals surface area contributed by atoms with Gasteiger partial charge in [-0.2, -0.15) is 0 Å². The van der Waals surface area contributed by atoms with E-state index in [9.17, 15) is 4.79 Å². The van der Waals surface area contributed by atoms with E-state index in [1.807, 2.05) is 26.2 Å². The van der Waals surface area contributed by atoms with Crippen LogP contribution in [0.25, 0.3) is 0 Å². The zero-order valence-electron chi connectivity index (χ0n) is 11.9. The van der Waals surface area contributed by atoms with Gasteiger partial charge in [-0.15, -0.1) is 0 Å². The quantitative estimate of drug-likeness (QED) is 0.893. The summed E-state index contributed by atoms with van der Waals surface area (Å²) in [6.07, 6.45) is 5.47. The van der Waals surface area contributed by atoms with Crippen LogP contribution in [0.3, 0.4) is 0 Å². The summed E-state index contributed by atoms with van der Waals surface area (Å²) in [6.45, 7) is 5.06. The largest absolute Gasteiger partial charge is 0.465 e. The lowest BCUT2D eigenvalue weighted by atomic mass is 10.1. The van der Waals surface area contributed by atoms with Crippen LogP contribution in [0.4, 0.5) is 10.7 Å². The van der Waals surface area contributed by atoms with Crippen molar-refractivity contribution in [3.05, 3.63) is 18.0 Å². The lowest BCUT2D eigenvalue weighted by Crippen LogP contribution is -2.58. The number of anilines is 1. The highest BCUT2D eigenvalue weighted by Gasteiger charge is 2.33. The molecule has 6 nitrogen and oxygen atoms in total. The van der Waals surface area contributed by atoms with Crippen LogP contribution in [0.5, 0.6) is 0 Å². The van der Waals surface area contributed by atoms with Crippen molar-refractivity contribution >= 4 is 12.0 Å². The van der Waals surface area contributed by atoms with Gasteiger partial charge in [0.25, 0.3) is 0 Å². The van der Waals surface area contributed by atoms with Gasteiger partial charge in [-0.25, -0.2) is 14.8 Å². The smallest absolute Gasteiger partial charge is 0.407 e. The number of carbonyl (C=O) groups is 1. The van der Waals surface area contributed by atoms with Crippen molar-refractivity contribution in [2.24, 2.45) is 0 Å². The molecule has 1 aliphatic carbocycles. The number of nitrogens with zero attached hydrogens (tertiary/aromatic N) is 4. The number of carboxylic acid groups (broad SMARTS) is 1. The molecule has 1 amide bonds. The standard InChI is InChI=1S/C14H20N4O2/c1-9-8-18(14(19)20)10(2)7-17(9)13-15-5-12(6-16-13)11-3-4-11/h5-6,9-11H,3-4,7-8H2,1-2H3,(H,19,20)/t9-,10+/m1/s1. The van der Waals surface area contributed by atoms with Crippen LogP contribution in [0.15, 0.2) is 12.4 Å². The van der Waals surface area contributed by atoms with Crippen LogP contribution in [0.2, 0.25) is 0 Å². The Balaban J connectivity index is 1.74. The molecule has 20 heavy (non-hydrogen) atoms. The maximum absolute atomic E-state index is 11.2. The fourth-order valence-electron chi connectivity index (χ4n) is 2.78. The lowest BCUT2D eigenvalue weighted by Gasteiger charge is -2.42. The predicted molar refractivity (Wildman–Crippen MR) is 75.0 cm³/mol. The van der Waals surface area contributed by atoms with Gasteiger partial charge in [-0.1, -0.05) is 0 Å². The third-order valence-corrected chi connectivity index (χ3v) is 4.20. The topological polar surface area (TPSA) is 69.6 Å². The fourth-order valence-corrected chi connectivity index (χ4v) is 2.78. The maximum atomic E-state index is 11.2. The van der Waals surface area contributed by atoms with Crippen LogP contribution in [0.1, 0.15) is 38.2 Å². The molecule has 108 valence electrons. The average molecular weight is 276 g/mol. The Morgan fingerprint density at radius 2 is 1.85 bits per heavy atom. The molecule has 0 spiro atoms. The minimum atomic E-state index is -0.853. The molecule has 2 fully saturated rings. The van der Waals surface area contributed by atoms with E-state index >= 15 is 0 Å². The molecule has 3 rings (SSSR count). The Morgan fingerprint density at radius 1 is 1.20 bits per heavy atom. The van der Waals surface area contributed by atoms with Crippen LogP contribution in [-0.2, 0) is 0 Å². The van der Waals surface area contributed by atoms with Crippen molar-refractivity contribution in [3.8, 4) is 0 Å². The second-order valence-corrected chi connectivity index (χ2v) is 5.88. The molecule has 1 saturated carbocycles. The van der Waals surface area contributed by atoms with Crippen molar-refractivity contribution in [1.82, 2.24) is 14.9 Å². The Labute approximate surface area is 118 Å². The van der Waals surface area contributed by atoms with Crippen molar-refractivity contribution in [2.75, 3.05) is 18.0 Å².